The lowest BCUT2D eigenvalue weighted by atomic mass is 9.85. The van der Waals surface area contributed by atoms with Crippen LogP contribution >= 0.6 is 0 Å². The molecule has 0 spiro atoms. The number of hydrogen-bond donors (Lipinski definition) is 2. The molecule has 1 amide bonds. The number of carbonyl (C=O) groups is 1. The highest BCUT2D eigenvalue weighted by Crippen LogP contribution is 2.29. The van der Waals surface area contributed by atoms with Crippen LogP contribution in [0.15, 0.2) is 18.2 Å². The summed E-state index contributed by atoms with van der Waals surface area (Å²) in [6.45, 7) is 7.50. The van der Waals surface area contributed by atoms with E-state index in [-0.39, 0.29) is 36.2 Å². The standard InChI is InChI=1S/C16H24FNO2/c1-10(2)14(8-16(20)18-12(4)9-19)13-5-6-15(17)11(3)7-13/h5-7,10,12,14,19H,8-9H2,1-4H3,(H,18,20). The number of halogens is 1. The molecule has 0 fully saturated rings. The Kier molecular flexibility index (Phi) is 6.14. The summed E-state index contributed by atoms with van der Waals surface area (Å²) < 4.78 is 13.3. The Morgan fingerprint density at radius 2 is 2.00 bits per heavy atom. The molecule has 0 saturated carbocycles. The van der Waals surface area contributed by atoms with Crippen molar-refractivity contribution in [3.63, 3.8) is 0 Å². The number of hydrogen-bond acceptors (Lipinski definition) is 2. The summed E-state index contributed by atoms with van der Waals surface area (Å²) >= 11 is 0. The van der Waals surface area contributed by atoms with Gasteiger partial charge in [-0.05, 0) is 42.9 Å². The molecular weight excluding hydrogens is 257 g/mol. The predicted octanol–water partition coefficient (Wildman–Crippen LogP) is 2.76. The fourth-order valence-corrected chi connectivity index (χ4v) is 2.22. The molecule has 0 aliphatic heterocycles. The van der Waals surface area contributed by atoms with E-state index in [9.17, 15) is 9.18 Å². The van der Waals surface area contributed by atoms with Crippen molar-refractivity contribution in [2.24, 2.45) is 5.92 Å². The van der Waals surface area contributed by atoms with Gasteiger partial charge in [0.1, 0.15) is 5.82 Å². The molecule has 0 bridgehead atoms. The molecule has 1 aromatic rings. The number of benzene rings is 1. The summed E-state index contributed by atoms with van der Waals surface area (Å²) in [7, 11) is 0. The van der Waals surface area contributed by atoms with Gasteiger partial charge in [-0.2, -0.15) is 0 Å². The molecule has 20 heavy (non-hydrogen) atoms. The van der Waals surface area contributed by atoms with Crippen LogP contribution in [-0.2, 0) is 4.79 Å². The van der Waals surface area contributed by atoms with Crippen LogP contribution < -0.4 is 5.32 Å². The Morgan fingerprint density at radius 3 is 2.50 bits per heavy atom. The van der Waals surface area contributed by atoms with Crippen LogP contribution in [0.1, 0.15) is 44.2 Å². The lowest BCUT2D eigenvalue weighted by molar-refractivity contribution is -0.122. The maximum absolute atomic E-state index is 13.3. The second kappa shape index (κ2) is 7.39. The maximum atomic E-state index is 13.3. The second-order valence-electron chi connectivity index (χ2n) is 5.71. The van der Waals surface area contributed by atoms with Gasteiger partial charge >= 0.3 is 0 Å². The van der Waals surface area contributed by atoms with Crippen LogP contribution in [-0.4, -0.2) is 23.7 Å². The van der Waals surface area contributed by atoms with Gasteiger partial charge in [-0.3, -0.25) is 4.79 Å². The van der Waals surface area contributed by atoms with Gasteiger partial charge in [0.15, 0.2) is 0 Å². The summed E-state index contributed by atoms with van der Waals surface area (Å²) in [5.41, 5.74) is 1.57. The summed E-state index contributed by atoms with van der Waals surface area (Å²) in [4.78, 5) is 12.0. The van der Waals surface area contributed by atoms with Crippen molar-refractivity contribution < 1.29 is 14.3 Å². The average molecular weight is 281 g/mol. The molecule has 0 heterocycles. The van der Waals surface area contributed by atoms with Gasteiger partial charge < -0.3 is 10.4 Å². The predicted molar refractivity (Wildman–Crippen MR) is 78.0 cm³/mol. The fraction of sp³-hybridized carbons (Fsp3) is 0.562. The highest BCUT2D eigenvalue weighted by molar-refractivity contribution is 5.77. The molecule has 0 aliphatic rings. The zero-order chi connectivity index (χ0) is 15.3. The molecule has 2 unspecified atom stereocenters. The molecule has 112 valence electrons. The lowest BCUT2D eigenvalue weighted by Crippen LogP contribution is -2.36. The molecular formula is C16H24FNO2. The first-order valence-electron chi connectivity index (χ1n) is 7.01. The van der Waals surface area contributed by atoms with E-state index in [1.165, 1.54) is 6.07 Å². The van der Waals surface area contributed by atoms with Crippen LogP contribution in [0.5, 0.6) is 0 Å². The number of amides is 1. The zero-order valence-electron chi connectivity index (χ0n) is 12.6. The number of aliphatic hydroxyl groups excluding tert-OH is 1. The van der Waals surface area contributed by atoms with Crippen molar-refractivity contribution in [1.82, 2.24) is 5.32 Å². The van der Waals surface area contributed by atoms with Crippen molar-refractivity contribution in [2.45, 2.75) is 46.1 Å². The SMILES string of the molecule is Cc1cc(C(CC(=O)NC(C)CO)C(C)C)ccc1F. The summed E-state index contributed by atoms with van der Waals surface area (Å²) in [5.74, 6) is -0.00271. The van der Waals surface area contributed by atoms with E-state index in [0.29, 0.717) is 12.0 Å². The summed E-state index contributed by atoms with van der Waals surface area (Å²) in [5, 5.41) is 11.7. The highest BCUT2D eigenvalue weighted by Gasteiger charge is 2.21. The van der Waals surface area contributed by atoms with Gasteiger partial charge in [0.25, 0.3) is 0 Å². The van der Waals surface area contributed by atoms with Crippen LogP contribution in [0, 0.1) is 18.7 Å². The monoisotopic (exact) mass is 281 g/mol. The van der Waals surface area contributed by atoms with E-state index in [1.54, 1.807) is 19.9 Å². The van der Waals surface area contributed by atoms with E-state index >= 15 is 0 Å². The van der Waals surface area contributed by atoms with E-state index < -0.39 is 0 Å². The fourth-order valence-electron chi connectivity index (χ4n) is 2.22. The van der Waals surface area contributed by atoms with Crippen molar-refractivity contribution in [1.29, 1.82) is 0 Å². The third-order valence-corrected chi connectivity index (χ3v) is 3.50. The van der Waals surface area contributed by atoms with E-state index in [0.717, 1.165) is 5.56 Å². The molecule has 0 aliphatic carbocycles. The third kappa shape index (κ3) is 4.60. The Labute approximate surface area is 120 Å². The largest absolute Gasteiger partial charge is 0.394 e. The number of rotatable bonds is 6. The third-order valence-electron chi connectivity index (χ3n) is 3.50. The second-order valence-corrected chi connectivity index (χ2v) is 5.71. The molecule has 0 aromatic heterocycles. The molecule has 2 N–H and O–H groups in total. The van der Waals surface area contributed by atoms with E-state index in [4.69, 9.17) is 5.11 Å². The lowest BCUT2D eigenvalue weighted by Gasteiger charge is -2.22. The maximum Gasteiger partial charge on any atom is 0.220 e. The van der Waals surface area contributed by atoms with Gasteiger partial charge in [0, 0.05) is 12.5 Å². The Bertz CT molecular complexity index is 460. The topological polar surface area (TPSA) is 49.3 Å². The van der Waals surface area contributed by atoms with Gasteiger partial charge in [-0.1, -0.05) is 26.0 Å². The first-order valence-corrected chi connectivity index (χ1v) is 7.01. The summed E-state index contributed by atoms with van der Waals surface area (Å²) in [6.07, 6.45) is 0.340. The average Bonchev–Trinajstić information content (AvgIpc) is 2.38. The van der Waals surface area contributed by atoms with Crippen LogP contribution in [0.3, 0.4) is 0 Å². The van der Waals surface area contributed by atoms with Gasteiger partial charge in [0.2, 0.25) is 5.91 Å². The Hall–Kier alpha value is -1.42. The van der Waals surface area contributed by atoms with Crippen molar-refractivity contribution >= 4 is 5.91 Å². The van der Waals surface area contributed by atoms with Gasteiger partial charge in [-0.25, -0.2) is 4.39 Å². The number of carbonyl (C=O) groups excluding carboxylic acids is 1. The molecule has 1 rings (SSSR count). The Morgan fingerprint density at radius 1 is 1.35 bits per heavy atom. The Balaban J connectivity index is 2.84. The first kappa shape index (κ1) is 16.6. The number of aryl methyl sites for hydroxylation is 1. The zero-order valence-corrected chi connectivity index (χ0v) is 12.6. The van der Waals surface area contributed by atoms with E-state index in [2.05, 4.69) is 5.32 Å². The highest BCUT2D eigenvalue weighted by atomic mass is 19.1. The number of nitrogens with one attached hydrogen (secondary N) is 1. The molecule has 0 radical (unpaired) electrons. The molecule has 2 atom stereocenters. The smallest absolute Gasteiger partial charge is 0.220 e. The normalized spacial score (nSPS) is 14.2. The van der Waals surface area contributed by atoms with E-state index in [1.807, 2.05) is 19.9 Å². The van der Waals surface area contributed by atoms with Crippen molar-refractivity contribution in [3.8, 4) is 0 Å². The van der Waals surface area contributed by atoms with Crippen LogP contribution in [0.25, 0.3) is 0 Å². The molecule has 1 aromatic carbocycles. The minimum absolute atomic E-state index is 0.0418. The molecule has 3 nitrogen and oxygen atoms in total. The van der Waals surface area contributed by atoms with Crippen LogP contribution in [0.2, 0.25) is 0 Å². The van der Waals surface area contributed by atoms with Crippen LogP contribution in [0.4, 0.5) is 4.39 Å². The molecule has 4 heteroatoms. The minimum atomic E-state index is -0.245. The van der Waals surface area contributed by atoms with Gasteiger partial charge in [0.05, 0.1) is 6.61 Å². The van der Waals surface area contributed by atoms with Crippen molar-refractivity contribution in [2.75, 3.05) is 6.61 Å². The van der Waals surface area contributed by atoms with Crippen molar-refractivity contribution in [3.05, 3.63) is 35.1 Å². The quantitative estimate of drug-likeness (QED) is 0.842. The first-order chi connectivity index (χ1) is 9.35. The summed E-state index contributed by atoms with van der Waals surface area (Å²) in [6, 6.07) is 4.76. The van der Waals surface area contributed by atoms with Gasteiger partial charge in [-0.15, -0.1) is 0 Å². The number of aliphatic hydroxyl groups is 1. The minimum Gasteiger partial charge on any atom is -0.394 e. The molecule has 0 saturated heterocycles.